The summed E-state index contributed by atoms with van der Waals surface area (Å²) < 4.78 is 30.9. The van der Waals surface area contributed by atoms with Gasteiger partial charge in [0.05, 0.1) is 23.2 Å². The molecule has 1 N–H and O–H groups in total. The predicted octanol–water partition coefficient (Wildman–Crippen LogP) is 6.77. The molecule has 50 heavy (non-hydrogen) atoms. The Morgan fingerprint density at radius 1 is 1.12 bits per heavy atom. The average Bonchev–Trinajstić information content (AvgIpc) is 3.71. The first-order valence-corrected chi connectivity index (χ1v) is 20.5. The lowest BCUT2D eigenvalue weighted by Crippen LogP contribution is -2.45. The summed E-state index contributed by atoms with van der Waals surface area (Å²) in [4.78, 5) is 31.7. The van der Waals surface area contributed by atoms with Crippen molar-refractivity contribution in [2.45, 2.75) is 90.3 Å². The van der Waals surface area contributed by atoms with Crippen LogP contribution >= 0.6 is 0 Å². The zero-order valence-electron chi connectivity index (χ0n) is 29.9. The molecule has 12 heteroatoms. The summed E-state index contributed by atoms with van der Waals surface area (Å²) in [6, 6.07) is 13.0. The van der Waals surface area contributed by atoms with Gasteiger partial charge >= 0.3 is 0 Å². The van der Waals surface area contributed by atoms with Gasteiger partial charge < -0.3 is 23.6 Å². The number of allylic oxidation sites excluding steroid dienone is 3. The highest BCUT2D eigenvalue weighted by molar-refractivity contribution is 6.72. The molecule has 0 unspecified atom stereocenters. The molecule has 1 spiro atoms. The Balaban J connectivity index is 1.41. The molecular formula is C38H48FN5O5Si. The van der Waals surface area contributed by atoms with Crippen LogP contribution in [0.4, 0.5) is 21.2 Å². The maximum atomic E-state index is 16.5. The number of rotatable bonds is 12. The Morgan fingerprint density at radius 2 is 1.90 bits per heavy atom. The normalized spacial score (nSPS) is 23.4. The molecule has 0 bridgehead atoms. The molecule has 1 saturated heterocycles. The van der Waals surface area contributed by atoms with Crippen molar-refractivity contribution in [3.05, 3.63) is 83.2 Å². The van der Waals surface area contributed by atoms with Gasteiger partial charge in [-0.05, 0) is 83.5 Å². The second-order valence-corrected chi connectivity index (χ2v) is 18.3. The van der Waals surface area contributed by atoms with E-state index in [-0.39, 0.29) is 25.0 Å². The van der Waals surface area contributed by atoms with E-state index < -0.39 is 31.6 Å². The van der Waals surface area contributed by atoms with Crippen molar-refractivity contribution in [1.82, 2.24) is 15.0 Å². The van der Waals surface area contributed by atoms with Crippen molar-refractivity contribution in [2.75, 3.05) is 29.6 Å². The lowest BCUT2D eigenvalue weighted by atomic mass is 9.82. The van der Waals surface area contributed by atoms with Crippen LogP contribution in [-0.4, -0.2) is 66.2 Å². The molecule has 4 atom stereocenters. The van der Waals surface area contributed by atoms with Crippen molar-refractivity contribution >= 4 is 37.3 Å². The van der Waals surface area contributed by atoms with Crippen LogP contribution in [0, 0.1) is 5.92 Å². The maximum Gasteiger partial charge on any atom is 0.269 e. The Kier molecular flexibility index (Phi) is 10.2. The molecule has 3 aromatic rings. The molecule has 1 aromatic heterocycles. The molecule has 2 amide bonds. The van der Waals surface area contributed by atoms with Crippen LogP contribution in [0.1, 0.15) is 58.2 Å². The number of halogens is 1. The van der Waals surface area contributed by atoms with E-state index in [4.69, 9.17) is 9.47 Å². The largest absolute Gasteiger partial charge is 0.482 e. The number of hydrogen-bond acceptors (Lipinski definition) is 7. The van der Waals surface area contributed by atoms with Gasteiger partial charge in [-0.3, -0.25) is 19.2 Å². The summed E-state index contributed by atoms with van der Waals surface area (Å²) in [6.07, 6.45) is 8.15. The standard InChI is InChI=1S/C38H48FN5O5Si/c1-25(2)10-9-11-26(3)16-20-43-31-15-14-29(44-32-12-7-8-13-33(32)48-24-35(44)46)22-30(31)38(37(43)47)27(4)36(50(5,6)39)34(49-38)17-19-42-23-28(18-21-45)40-41-42/h7-8,10,12-16,22-23,27,34,36,45H,9,11,17-21,24H2,1-6H3/b26-16+/t27-,34+,36-,38+/m0/s1. The van der Waals surface area contributed by atoms with Gasteiger partial charge in [0.15, 0.2) is 12.2 Å². The lowest BCUT2D eigenvalue weighted by Gasteiger charge is -2.32. The molecule has 10 nitrogen and oxygen atoms in total. The molecule has 3 aliphatic heterocycles. The fraction of sp³-hybridized carbons (Fsp3) is 0.474. The Morgan fingerprint density at radius 3 is 2.64 bits per heavy atom. The van der Waals surface area contributed by atoms with Gasteiger partial charge in [-0.25, -0.2) is 0 Å². The summed E-state index contributed by atoms with van der Waals surface area (Å²) in [6.45, 7) is 12.2. The van der Waals surface area contributed by atoms with Crippen LogP contribution < -0.4 is 14.5 Å². The molecule has 1 fully saturated rings. The molecule has 4 heterocycles. The van der Waals surface area contributed by atoms with Gasteiger partial charge in [0.2, 0.25) is 8.41 Å². The number of anilines is 3. The first kappa shape index (κ1) is 35.7. The Hall–Kier alpha value is -4.13. The minimum absolute atomic E-state index is 0.0278. The first-order chi connectivity index (χ1) is 23.8. The van der Waals surface area contributed by atoms with E-state index in [1.165, 1.54) is 11.1 Å². The van der Waals surface area contributed by atoms with Gasteiger partial charge in [-0.2, -0.15) is 0 Å². The van der Waals surface area contributed by atoms with E-state index in [2.05, 4.69) is 43.2 Å². The number of aliphatic hydroxyl groups excluding tert-OH is 1. The van der Waals surface area contributed by atoms with E-state index in [1.807, 2.05) is 49.4 Å². The predicted molar refractivity (Wildman–Crippen MR) is 194 cm³/mol. The van der Waals surface area contributed by atoms with Crippen LogP contribution in [0.15, 0.2) is 72.0 Å². The SMILES string of the molecule is CC(C)=CCC/C(C)=C/CN1C(=O)[C@]2(O[C@H](CCn3cc(CCO)nn3)[C@@H]([Si](C)(C)F)[C@@H]2C)c2cc(N3C(=O)COc4ccccc43)ccc21. The number of aromatic nitrogens is 3. The quantitative estimate of drug-likeness (QED) is 0.126. The van der Waals surface area contributed by atoms with Crippen LogP contribution in [0.5, 0.6) is 5.75 Å². The zero-order chi connectivity index (χ0) is 35.8. The van der Waals surface area contributed by atoms with Gasteiger partial charge in [-0.1, -0.05) is 47.6 Å². The number of fused-ring (bicyclic) bond motifs is 3. The van der Waals surface area contributed by atoms with Crippen LogP contribution in [-0.2, 0) is 32.9 Å². The van der Waals surface area contributed by atoms with Crippen LogP contribution in [0.3, 0.4) is 0 Å². The number of nitrogens with zero attached hydrogens (tertiary/aromatic N) is 5. The van der Waals surface area contributed by atoms with Crippen molar-refractivity contribution < 1.29 is 28.3 Å². The summed E-state index contributed by atoms with van der Waals surface area (Å²) >= 11 is 0. The maximum absolute atomic E-state index is 16.5. The third-order valence-corrected chi connectivity index (χ3v) is 12.7. The summed E-state index contributed by atoms with van der Waals surface area (Å²) in [5.41, 5.74) is 3.75. The van der Waals surface area contributed by atoms with E-state index >= 15 is 4.11 Å². The molecule has 0 saturated carbocycles. The van der Waals surface area contributed by atoms with E-state index in [0.717, 1.165) is 12.8 Å². The van der Waals surface area contributed by atoms with Gasteiger partial charge in [-0.15, -0.1) is 5.10 Å². The van der Waals surface area contributed by atoms with Crippen molar-refractivity contribution in [2.24, 2.45) is 5.92 Å². The highest BCUT2D eigenvalue weighted by Gasteiger charge is 2.66. The number of ether oxygens (including phenoxy) is 2. The van der Waals surface area contributed by atoms with Crippen molar-refractivity contribution in [3.63, 3.8) is 0 Å². The number of amides is 2. The first-order valence-electron chi connectivity index (χ1n) is 17.5. The number of benzene rings is 2. The fourth-order valence-corrected chi connectivity index (χ4v) is 10.4. The number of carbonyl (C=O) groups is 2. The van der Waals surface area contributed by atoms with Crippen molar-refractivity contribution in [1.29, 1.82) is 0 Å². The molecule has 0 radical (unpaired) electrons. The molecule has 6 rings (SSSR count). The summed E-state index contributed by atoms with van der Waals surface area (Å²) in [7, 11) is -3.40. The number of hydrogen-bond donors (Lipinski definition) is 1. The number of aliphatic hydroxyl groups is 1. The third kappa shape index (κ3) is 6.68. The number of para-hydroxylation sites is 2. The minimum atomic E-state index is -3.40. The van der Waals surface area contributed by atoms with Gasteiger partial charge in [0.25, 0.3) is 11.8 Å². The minimum Gasteiger partial charge on any atom is -0.482 e. The molecule has 2 aromatic carbocycles. The van der Waals surface area contributed by atoms with E-state index in [9.17, 15) is 14.7 Å². The van der Waals surface area contributed by atoms with Crippen LogP contribution in [0.2, 0.25) is 18.6 Å². The van der Waals surface area contributed by atoms with Gasteiger partial charge in [0, 0.05) is 55.0 Å². The highest BCUT2D eigenvalue weighted by Crippen LogP contribution is 2.60. The second-order valence-electron chi connectivity index (χ2n) is 14.5. The van der Waals surface area contributed by atoms with Crippen LogP contribution in [0.25, 0.3) is 0 Å². The topological polar surface area (TPSA) is 110 Å². The smallest absolute Gasteiger partial charge is 0.269 e. The zero-order valence-corrected chi connectivity index (χ0v) is 30.9. The number of carbonyl (C=O) groups excluding carboxylic acids is 2. The summed E-state index contributed by atoms with van der Waals surface area (Å²) in [5.74, 6) is -0.326. The molecule has 266 valence electrons. The Labute approximate surface area is 294 Å². The highest BCUT2D eigenvalue weighted by atomic mass is 28.4. The molecular weight excluding hydrogens is 654 g/mol. The molecule has 0 aliphatic carbocycles. The van der Waals surface area contributed by atoms with Crippen molar-refractivity contribution in [3.8, 4) is 5.75 Å². The fourth-order valence-electron chi connectivity index (χ4n) is 7.89. The van der Waals surface area contributed by atoms with E-state index in [1.54, 1.807) is 33.8 Å². The monoisotopic (exact) mass is 701 g/mol. The third-order valence-electron chi connectivity index (χ3n) is 10.2. The number of aryl methyl sites for hydroxylation is 1. The molecule has 3 aliphatic rings. The van der Waals surface area contributed by atoms with Gasteiger partial charge in [0.1, 0.15) is 5.75 Å². The lowest BCUT2D eigenvalue weighted by molar-refractivity contribution is -0.145. The average molecular weight is 702 g/mol. The second kappa shape index (κ2) is 14.2. The summed E-state index contributed by atoms with van der Waals surface area (Å²) in [5, 5.41) is 17.6. The van der Waals surface area contributed by atoms with E-state index in [0.29, 0.717) is 60.0 Å². The Bertz CT molecular complexity index is 1810.